The van der Waals surface area contributed by atoms with E-state index >= 15 is 0 Å². The summed E-state index contributed by atoms with van der Waals surface area (Å²) in [4.78, 5) is 25.4. The van der Waals surface area contributed by atoms with Gasteiger partial charge in [0.1, 0.15) is 0 Å². The van der Waals surface area contributed by atoms with Gasteiger partial charge in [-0.2, -0.15) is 0 Å². The highest BCUT2D eigenvalue weighted by Crippen LogP contribution is 2.32. The normalized spacial score (nSPS) is 28.6. The summed E-state index contributed by atoms with van der Waals surface area (Å²) in [6.07, 6.45) is -1.87. The van der Waals surface area contributed by atoms with E-state index in [1.165, 1.54) is 0 Å². The van der Waals surface area contributed by atoms with Gasteiger partial charge >= 0.3 is 11.9 Å². The lowest BCUT2D eigenvalue weighted by atomic mass is 10.1. The number of aliphatic hydroxyl groups is 1. The second-order valence-electron chi connectivity index (χ2n) is 4.15. The maximum Gasteiger partial charge on any atom is 0.306 e. The van der Waals surface area contributed by atoms with E-state index in [9.17, 15) is 14.7 Å². The summed E-state index contributed by atoms with van der Waals surface area (Å²) in [6.45, 7) is 2.36. The molecule has 1 aliphatic heterocycles. The van der Waals surface area contributed by atoms with Gasteiger partial charge in [0.15, 0.2) is 12.2 Å². The van der Waals surface area contributed by atoms with Crippen molar-refractivity contribution in [2.45, 2.75) is 44.6 Å². The smallest absolute Gasteiger partial charge is 0.306 e. The SMILES string of the molecule is CCC(=O)O[C@@H]1CO[C@@](CO)(N=[N+]=[N-])[C@H]1OC(=O)CC. The number of nitrogens with zero attached hydrogens (tertiary/aromatic N) is 3. The van der Waals surface area contributed by atoms with E-state index in [2.05, 4.69) is 10.0 Å². The fourth-order valence-corrected chi connectivity index (χ4v) is 1.76. The van der Waals surface area contributed by atoms with Gasteiger partial charge in [-0.05, 0) is 5.53 Å². The molecule has 0 aliphatic carbocycles. The van der Waals surface area contributed by atoms with E-state index < -0.39 is 36.5 Å². The van der Waals surface area contributed by atoms with Crippen molar-refractivity contribution < 1.29 is 28.9 Å². The van der Waals surface area contributed by atoms with Crippen LogP contribution in [0, 0.1) is 0 Å². The number of carbonyl (C=O) groups excluding carboxylic acids is 2. The van der Waals surface area contributed by atoms with Gasteiger partial charge in [0, 0.05) is 17.8 Å². The molecule has 0 aromatic rings. The summed E-state index contributed by atoms with van der Waals surface area (Å²) in [7, 11) is 0. The average Bonchev–Trinajstić information content (AvgIpc) is 2.78. The zero-order valence-electron chi connectivity index (χ0n) is 11.3. The van der Waals surface area contributed by atoms with E-state index in [4.69, 9.17) is 19.7 Å². The second kappa shape index (κ2) is 7.09. The fourth-order valence-electron chi connectivity index (χ4n) is 1.76. The number of hydrogen-bond donors (Lipinski definition) is 1. The third-order valence-corrected chi connectivity index (χ3v) is 2.84. The zero-order chi connectivity index (χ0) is 15.2. The number of ether oxygens (including phenoxy) is 3. The van der Waals surface area contributed by atoms with Crippen molar-refractivity contribution >= 4 is 11.9 Å². The predicted molar refractivity (Wildman–Crippen MR) is 65.3 cm³/mol. The Morgan fingerprint density at radius 1 is 1.40 bits per heavy atom. The quantitative estimate of drug-likeness (QED) is 0.330. The molecule has 9 heteroatoms. The number of hydrogen-bond acceptors (Lipinski definition) is 7. The van der Waals surface area contributed by atoms with Crippen LogP contribution >= 0.6 is 0 Å². The van der Waals surface area contributed by atoms with Crippen molar-refractivity contribution in [1.29, 1.82) is 0 Å². The topological polar surface area (TPSA) is 131 Å². The highest BCUT2D eigenvalue weighted by atomic mass is 16.6. The molecule has 0 aromatic heterocycles. The van der Waals surface area contributed by atoms with E-state index in [0.29, 0.717) is 0 Å². The van der Waals surface area contributed by atoms with Crippen molar-refractivity contribution in [3.05, 3.63) is 10.4 Å². The first-order chi connectivity index (χ1) is 9.52. The van der Waals surface area contributed by atoms with Crippen LogP contribution in [0.25, 0.3) is 10.4 Å². The van der Waals surface area contributed by atoms with Gasteiger partial charge in [0.2, 0.25) is 5.72 Å². The number of esters is 2. The number of carbonyl (C=O) groups is 2. The minimum atomic E-state index is -1.77. The van der Waals surface area contributed by atoms with Gasteiger partial charge in [-0.3, -0.25) is 9.59 Å². The van der Waals surface area contributed by atoms with Crippen LogP contribution in [0.2, 0.25) is 0 Å². The Balaban J connectivity index is 2.99. The maximum absolute atomic E-state index is 11.4. The highest BCUT2D eigenvalue weighted by molar-refractivity contribution is 5.70. The standard InChI is InChI=1S/C11H17N3O6/c1-3-8(16)19-7-5-18-11(6-15,13-14-12)10(7)20-9(17)4-2/h7,10,15H,3-6H2,1-2H3/t7-,10+,11-/m1/s1. The molecule has 0 spiro atoms. The van der Waals surface area contributed by atoms with Crippen molar-refractivity contribution in [2.75, 3.05) is 13.2 Å². The number of rotatable bonds is 6. The third-order valence-electron chi connectivity index (χ3n) is 2.84. The summed E-state index contributed by atoms with van der Waals surface area (Å²) < 4.78 is 15.4. The third kappa shape index (κ3) is 3.38. The van der Waals surface area contributed by atoms with Crippen LogP contribution in [-0.4, -0.2) is 48.2 Å². The summed E-state index contributed by atoms with van der Waals surface area (Å²) in [5, 5.41) is 12.8. The minimum absolute atomic E-state index is 0.0860. The van der Waals surface area contributed by atoms with Crippen LogP contribution in [0.4, 0.5) is 0 Å². The van der Waals surface area contributed by atoms with Crippen LogP contribution in [0.15, 0.2) is 5.11 Å². The Morgan fingerprint density at radius 2 is 2.00 bits per heavy atom. The molecule has 1 N–H and O–H groups in total. The Labute approximate surface area is 115 Å². The Hall–Kier alpha value is -1.83. The Morgan fingerprint density at radius 3 is 2.50 bits per heavy atom. The molecule has 0 bridgehead atoms. The molecule has 1 aliphatic rings. The van der Waals surface area contributed by atoms with Gasteiger partial charge in [0.05, 0.1) is 13.2 Å². The number of aliphatic hydroxyl groups excluding tert-OH is 1. The molecule has 1 rings (SSSR count). The van der Waals surface area contributed by atoms with Crippen LogP contribution in [-0.2, 0) is 23.8 Å². The monoisotopic (exact) mass is 287 g/mol. The molecule has 0 unspecified atom stereocenters. The van der Waals surface area contributed by atoms with E-state index in [1.807, 2.05) is 0 Å². The van der Waals surface area contributed by atoms with Gasteiger partial charge in [0.25, 0.3) is 0 Å². The van der Waals surface area contributed by atoms with Gasteiger partial charge < -0.3 is 19.3 Å². The molecule has 112 valence electrons. The molecule has 20 heavy (non-hydrogen) atoms. The molecular formula is C11H17N3O6. The summed E-state index contributed by atoms with van der Waals surface area (Å²) in [5.41, 5.74) is 6.80. The summed E-state index contributed by atoms with van der Waals surface area (Å²) in [6, 6.07) is 0. The van der Waals surface area contributed by atoms with Crippen LogP contribution in [0.3, 0.4) is 0 Å². The first-order valence-corrected chi connectivity index (χ1v) is 6.23. The molecule has 0 radical (unpaired) electrons. The van der Waals surface area contributed by atoms with E-state index in [-0.39, 0.29) is 19.4 Å². The molecule has 9 nitrogen and oxygen atoms in total. The first kappa shape index (κ1) is 16.2. The molecule has 0 saturated carbocycles. The van der Waals surface area contributed by atoms with Crippen molar-refractivity contribution in [2.24, 2.45) is 5.11 Å². The van der Waals surface area contributed by atoms with Crippen LogP contribution in [0.5, 0.6) is 0 Å². The van der Waals surface area contributed by atoms with E-state index in [1.54, 1.807) is 13.8 Å². The Kier molecular flexibility index (Phi) is 5.75. The predicted octanol–water partition coefficient (Wildman–Crippen LogP) is 0.659. The summed E-state index contributed by atoms with van der Waals surface area (Å²) in [5.74, 6) is -1.09. The lowest BCUT2D eigenvalue weighted by Gasteiger charge is -2.28. The first-order valence-electron chi connectivity index (χ1n) is 6.23. The lowest BCUT2D eigenvalue weighted by Crippen LogP contribution is -2.48. The van der Waals surface area contributed by atoms with E-state index in [0.717, 1.165) is 0 Å². The second-order valence-corrected chi connectivity index (χ2v) is 4.15. The van der Waals surface area contributed by atoms with Crippen molar-refractivity contribution in [3.8, 4) is 0 Å². The van der Waals surface area contributed by atoms with Gasteiger partial charge in [-0.25, -0.2) is 0 Å². The lowest BCUT2D eigenvalue weighted by molar-refractivity contribution is -0.173. The zero-order valence-corrected chi connectivity index (χ0v) is 11.3. The van der Waals surface area contributed by atoms with Crippen molar-refractivity contribution in [1.82, 2.24) is 0 Å². The average molecular weight is 287 g/mol. The van der Waals surface area contributed by atoms with Crippen LogP contribution in [0.1, 0.15) is 26.7 Å². The van der Waals surface area contributed by atoms with Crippen LogP contribution < -0.4 is 0 Å². The maximum atomic E-state index is 11.4. The highest BCUT2D eigenvalue weighted by Gasteiger charge is 2.54. The molecule has 0 aromatic carbocycles. The minimum Gasteiger partial charge on any atom is -0.456 e. The molecule has 0 amide bonds. The van der Waals surface area contributed by atoms with Crippen molar-refractivity contribution in [3.63, 3.8) is 0 Å². The van der Waals surface area contributed by atoms with Gasteiger partial charge in [-0.1, -0.05) is 19.0 Å². The molecule has 1 fully saturated rings. The Bertz CT molecular complexity index is 422. The largest absolute Gasteiger partial charge is 0.456 e. The molecule has 1 saturated heterocycles. The molecular weight excluding hydrogens is 270 g/mol. The molecule has 1 heterocycles. The number of azide groups is 1. The fraction of sp³-hybridized carbons (Fsp3) is 0.818. The molecule has 3 atom stereocenters. The summed E-state index contributed by atoms with van der Waals surface area (Å²) >= 11 is 0. The van der Waals surface area contributed by atoms with Gasteiger partial charge in [-0.15, -0.1) is 0 Å².